The Morgan fingerprint density at radius 2 is 1.45 bits per heavy atom. The van der Waals surface area contributed by atoms with Crippen LogP contribution in [-0.2, 0) is 0 Å². The van der Waals surface area contributed by atoms with E-state index in [1.165, 1.54) is 29.5 Å². The topological polar surface area (TPSA) is 52.0 Å². The van der Waals surface area contributed by atoms with Crippen molar-refractivity contribution in [1.29, 1.82) is 0 Å². The summed E-state index contributed by atoms with van der Waals surface area (Å²) in [6.07, 6.45) is 2.68. The van der Waals surface area contributed by atoms with Crippen molar-refractivity contribution in [2.45, 2.75) is 25.7 Å². The van der Waals surface area contributed by atoms with Gasteiger partial charge >= 0.3 is 0 Å². The van der Waals surface area contributed by atoms with Crippen molar-refractivity contribution < 1.29 is 4.52 Å². The van der Waals surface area contributed by atoms with E-state index < -0.39 is 0 Å². The number of benzene rings is 2. The molecular weight excluding hydrogens is 272 g/mol. The summed E-state index contributed by atoms with van der Waals surface area (Å²) in [6, 6.07) is 17.2. The van der Waals surface area contributed by atoms with Crippen LogP contribution in [0.15, 0.2) is 53.1 Å². The molecule has 1 aliphatic carbocycles. The highest BCUT2D eigenvalue weighted by atomic mass is 16.5. The highest BCUT2D eigenvalue weighted by Gasteiger charge is 2.22. The summed E-state index contributed by atoms with van der Waals surface area (Å²) in [7, 11) is 0. The third-order valence-electron chi connectivity index (χ3n) is 4.35. The lowest BCUT2D eigenvalue weighted by molar-refractivity contribution is 0.427. The van der Waals surface area contributed by atoms with Crippen LogP contribution >= 0.6 is 0 Å². The molecule has 0 radical (unpaired) electrons. The molecule has 4 rings (SSSR count). The van der Waals surface area contributed by atoms with E-state index in [1.54, 1.807) is 0 Å². The summed E-state index contributed by atoms with van der Waals surface area (Å²) in [5.41, 5.74) is 12.2. The summed E-state index contributed by atoms with van der Waals surface area (Å²) in [4.78, 5) is 0. The van der Waals surface area contributed by atoms with E-state index in [2.05, 4.69) is 41.6 Å². The minimum atomic E-state index is 0.613. The summed E-state index contributed by atoms with van der Waals surface area (Å²) in [6.45, 7) is 1.85. The van der Waals surface area contributed by atoms with Gasteiger partial charge in [-0.15, -0.1) is 0 Å². The van der Waals surface area contributed by atoms with Crippen molar-refractivity contribution in [2.75, 3.05) is 5.73 Å². The van der Waals surface area contributed by atoms with Gasteiger partial charge in [-0.1, -0.05) is 53.7 Å². The second kappa shape index (κ2) is 5.02. The van der Waals surface area contributed by atoms with Crippen LogP contribution in [0.3, 0.4) is 0 Å². The smallest absolute Gasteiger partial charge is 0.189 e. The fourth-order valence-electron chi connectivity index (χ4n) is 2.76. The Kier molecular flexibility index (Phi) is 3.00. The molecule has 110 valence electrons. The lowest BCUT2D eigenvalue weighted by Crippen LogP contribution is -1.88. The van der Waals surface area contributed by atoms with Crippen LogP contribution in [0.4, 0.5) is 5.69 Å². The Morgan fingerprint density at radius 1 is 0.909 bits per heavy atom. The third kappa shape index (κ3) is 2.29. The molecule has 1 aromatic heterocycles. The molecule has 1 saturated carbocycles. The Morgan fingerprint density at radius 3 is 1.95 bits per heavy atom. The molecule has 3 nitrogen and oxygen atoms in total. The minimum Gasteiger partial charge on any atom is -0.394 e. The van der Waals surface area contributed by atoms with Gasteiger partial charge in [-0.2, -0.15) is 0 Å². The van der Waals surface area contributed by atoms with Gasteiger partial charge in [-0.3, -0.25) is 0 Å². The highest BCUT2D eigenvalue weighted by Crippen LogP contribution is 2.40. The van der Waals surface area contributed by atoms with Gasteiger partial charge in [0.25, 0.3) is 0 Å². The minimum absolute atomic E-state index is 0.613. The molecule has 3 aromatic rings. The van der Waals surface area contributed by atoms with Gasteiger partial charge in [-0.05, 0) is 42.4 Å². The van der Waals surface area contributed by atoms with Crippen LogP contribution in [0.25, 0.3) is 22.5 Å². The number of aromatic nitrogens is 1. The Balaban J connectivity index is 1.62. The molecule has 0 bridgehead atoms. The van der Waals surface area contributed by atoms with Crippen molar-refractivity contribution in [3.05, 3.63) is 59.8 Å². The molecule has 3 heteroatoms. The Hall–Kier alpha value is -2.55. The molecule has 22 heavy (non-hydrogen) atoms. The zero-order valence-corrected chi connectivity index (χ0v) is 12.5. The van der Waals surface area contributed by atoms with Crippen LogP contribution in [0.5, 0.6) is 0 Å². The second-order valence-corrected chi connectivity index (χ2v) is 5.98. The van der Waals surface area contributed by atoms with Gasteiger partial charge in [0, 0.05) is 5.56 Å². The fraction of sp³-hybridized carbons (Fsp3) is 0.211. The third-order valence-corrected chi connectivity index (χ3v) is 4.35. The van der Waals surface area contributed by atoms with Crippen LogP contribution in [0.2, 0.25) is 0 Å². The SMILES string of the molecule is Cc1noc(-c2ccc(-c3ccc(C4CC4)cc3)cc2)c1N. The van der Waals surface area contributed by atoms with E-state index in [-0.39, 0.29) is 0 Å². The summed E-state index contributed by atoms with van der Waals surface area (Å²) in [5.74, 6) is 1.45. The molecule has 1 heterocycles. The normalized spacial score (nSPS) is 14.2. The van der Waals surface area contributed by atoms with Crippen LogP contribution in [-0.4, -0.2) is 5.16 Å². The zero-order chi connectivity index (χ0) is 15.1. The molecule has 2 aromatic carbocycles. The monoisotopic (exact) mass is 290 g/mol. The zero-order valence-electron chi connectivity index (χ0n) is 12.5. The van der Waals surface area contributed by atoms with E-state index in [9.17, 15) is 0 Å². The summed E-state index contributed by atoms with van der Waals surface area (Å²) >= 11 is 0. The number of hydrogen-bond acceptors (Lipinski definition) is 3. The van der Waals surface area contributed by atoms with Crippen molar-refractivity contribution in [1.82, 2.24) is 5.16 Å². The maximum atomic E-state index is 5.98. The number of hydrogen-bond donors (Lipinski definition) is 1. The quantitative estimate of drug-likeness (QED) is 0.755. The molecule has 0 aliphatic heterocycles. The molecule has 0 saturated heterocycles. The summed E-state index contributed by atoms with van der Waals surface area (Å²) < 4.78 is 5.30. The van der Waals surface area contributed by atoms with Gasteiger partial charge in [0.15, 0.2) is 5.76 Å². The standard InChI is InChI=1S/C19H18N2O/c1-12-18(20)19(22-21-12)17-10-8-16(9-11-17)15-6-4-14(5-7-15)13-2-3-13/h4-11,13H,2-3,20H2,1H3. The van der Waals surface area contributed by atoms with Crippen LogP contribution in [0, 0.1) is 6.92 Å². The first-order valence-electron chi connectivity index (χ1n) is 7.65. The predicted molar refractivity (Wildman–Crippen MR) is 88.5 cm³/mol. The fourth-order valence-corrected chi connectivity index (χ4v) is 2.76. The maximum absolute atomic E-state index is 5.98. The molecule has 0 spiro atoms. The lowest BCUT2D eigenvalue weighted by atomic mass is 10.0. The van der Waals surface area contributed by atoms with E-state index in [0.29, 0.717) is 11.4 Å². The van der Waals surface area contributed by atoms with Gasteiger partial charge < -0.3 is 10.3 Å². The number of nitrogen functional groups attached to an aromatic ring is 1. The average molecular weight is 290 g/mol. The number of nitrogens with zero attached hydrogens (tertiary/aromatic N) is 1. The number of rotatable bonds is 3. The first-order valence-corrected chi connectivity index (χ1v) is 7.65. The Bertz CT molecular complexity index is 796. The molecular formula is C19H18N2O. The predicted octanol–water partition coefficient (Wildman–Crippen LogP) is 4.78. The first-order chi connectivity index (χ1) is 10.7. The molecule has 0 unspecified atom stereocenters. The highest BCUT2D eigenvalue weighted by molar-refractivity contribution is 5.75. The van der Waals surface area contributed by atoms with Gasteiger partial charge in [0.05, 0.1) is 0 Å². The van der Waals surface area contributed by atoms with Gasteiger partial charge in [0.1, 0.15) is 11.4 Å². The Labute approximate surface area is 129 Å². The van der Waals surface area contributed by atoms with Crippen LogP contribution < -0.4 is 5.73 Å². The largest absolute Gasteiger partial charge is 0.394 e. The first kappa shape index (κ1) is 13.1. The van der Waals surface area contributed by atoms with Crippen molar-refractivity contribution >= 4 is 5.69 Å². The average Bonchev–Trinajstić information content (AvgIpc) is 3.35. The number of anilines is 1. The van der Waals surface area contributed by atoms with E-state index >= 15 is 0 Å². The molecule has 0 atom stereocenters. The number of nitrogens with two attached hydrogens (primary N) is 1. The van der Waals surface area contributed by atoms with Crippen LogP contribution in [0.1, 0.15) is 30.0 Å². The van der Waals surface area contributed by atoms with Gasteiger partial charge in [-0.25, -0.2) is 0 Å². The lowest BCUT2D eigenvalue weighted by Gasteiger charge is -2.05. The second-order valence-electron chi connectivity index (χ2n) is 5.98. The van der Waals surface area contributed by atoms with E-state index in [1.807, 2.05) is 19.1 Å². The van der Waals surface area contributed by atoms with Crippen molar-refractivity contribution in [3.8, 4) is 22.5 Å². The molecule has 1 fully saturated rings. The molecule has 1 aliphatic rings. The van der Waals surface area contributed by atoms with Crippen molar-refractivity contribution in [2.24, 2.45) is 0 Å². The van der Waals surface area contributed by atoms with E-state index in [0.717, 1.165) is 17.2 Å². The maximum Gasteiger partial charge on any atom is 0.189 e. The van der Waals surface area contributed by atoms with E-state index in [4.69, 9.17) is 10.3 Å². The molecule has 0 amide bonds. The van der Waals surface area contributed by atoms with Gasteiger partial charge in [0.2, 0.25) is 0 Å². The molecule has 2 N–H and O–H groups in total. The number of aryl methyl sites for hydroxylation is 1. The van der Waals surface area contributed by atoms with Crippen molar-refractivity contribution in [3.63, 3.8) is 0 Å². The summed E-state index contributed by atoms with van der Waals surface area (Å²) in [5, 5.41) is 3.91.